The summed E-state index contributed by atoms with van der Waals surface area (Å²) in [5, 5.41) is 2.32. The van der Waals surface area contributed by atoms with Gasteiger partial charge in [-0.1, -0.05) is 40.0 Å². The van der Waals surface area contributed by atoms with Crippen LogP contribution in [0.3, 0.4) is 0 Å². The molecular weight excluding hydrogens is 580 g/mol. The molecule has 2 saturated carbocycles. The van der Waals surface area contributed by atoms with Crippen molar-refractivity contribution in [2.24, 2.45) is 11.8 Å². The molecule has 2 aromatic rings. The molecule has 1 saturated heterocycles. The number of nitrogens with one attached hydrogen (secondary N) is 1. The summed E-state index contributed by atoms with van der Waals surface area (Å²) in [6.45, 7) is 1.87. The van der Waals surface area contributed by atoms with Gasteiger partial charge in [-0.05, 0) is 84.3 Å². The molecule has 1 N–H and O–H groups in total. The first-order valence-corrected chi connectivity index (χ1v) is 13.0. The predicted molar refractivity (Wildman–Crippen MR) is 136 cm³/mol. The molecule has 7 nitrogen and oxygen atoms in total. The molecule has 5 rings (SSSR count). The number of halogens is 2. The van der Waals surface area contributed by atoms with Gasteiger partial charge in [0.25, 0.3) is 11.8 Å². The van der Waals surface area contributed by atoms with Crippen molar-refractivity contribution in [2.45, 2.75) is 38.6 Å². The van der Waals surface area contributed by atoms with E-state index in [0.29, 0.717) is 26.0 Å². The summed E-state index contributed by atoms with van der Waals surface area (Å²) in [6.07, 6.45) is 5.25. The summed E-state index contributed by atoms with van der Waals surface area (Å²) in [6, 6.07) is 9.48. The van der Waals surface area contributed by atoms with Crippen molar-refractivity contribution < 1.29 is 23.9 Å². The number of hydrogen-bond donors (Lipinski definition) is 1. The Morgan fingerprint density at radius 3 is 2.60 bits per heavy atom. The van der Waals surface area contributed by atoms with E-state index in [9.17, 15) is 19.2 Å². The van der Waals surface area contributed by atoms with Gasteiger partial charge < -0.3 is 4.74 Å². The lowest BCUT2D eigenvalue weighted by Crippen LogP contribution is -2.58. The second-order valence-electron chi connectivity index (χ2n) is 9.30. The molecule has 0 aromatic heterocycles. The smallest absolute Gasteiger partial charge is 0.343 e. The Kier molecular flexibility index (Phi) is 6.40. The fourth-order valence-electron chi connectivity index (χ4n) is 5.37. The number of carbonyl (C=O) groups is 4. The molecule has 3 aliphatic rings. The van der Waals surface area contributed by atoms with E-state index in [2.05, 4.69) is 37.2 Å². The van der Waals surface area contributed by atoms with Gasteiger partial charge in [-0.2, -0.15) is 0 Å². The third-order valence-corrected chi connectivity index (χ3v) is 8.00. The number of rotatable bonds is 4. The van der Waals surface area contributed by atoms with Gasteiger partial charge in [0.2, 0.25) is 0 Å². The van der Waals surface area contributed by atoms with Crippen molar-refractivity contribution in [1.82, 2.24) is 10.2 Å². The van der Waals surface area contributed by atoms with Gasteiger partial charge in [0, 0.05) is 16.1 Å². The highest BCUT2D eigenvalue weighted by molar-refractivity contribution is 9.11. The maximum Gasteiger partial charge on any atom is 0.343 e. The van der Waals surface area contributed by atoms with E-state index in [1.807, 2.05) is 13.0 Å². The molecule has 1 aliphatic heterocycles. The van der Waals surface area contributed by atoms with Crippen molar-refractivity contribution in [2.75, 3.05) is 0 Å². The van der Waals surface area contributed by atoms with E-state index in [1.165, 1.54) is 11.0 Å². The van der Waals surface area contributed by atoms with E-state index in [-0.39, 0.29) is 23.3 Å². The molecular formula is C26H22Br2N2O5. The first kappa shape index (κ1) is 23.9. The van der Waals surface area contributed by atoms with Crippen LogP contribution in [-0.2, 0) is 9.59 Å². The fourth-order valence-corrected chi connectivity index (χ4v) is 6.71. The zero-order valence-corrected chi connectivity index (χ0v) is 22.0. The van der Waals surface area contributed by atoms with Crippen LogP contribution in [0.15, 0.2) is 50.9 Å². The van der Waals surface area contributed by atoms with Gasteiger partial charge in [0.15, 0.2) is 5.75 Å². The largest absolute Gasteiger partial charge is 0.421 e. The van der Waals surface area contributed by atoms with Crippen LogP contribution in [0.2, 0.25) is 0 Å². The molecule has 3 atom stereocenters. The first-order chi connectivity index (χ1) is 16.7. The predicted octanol–water partition coefficient (Wildman–Crippen LogP) is 5.39. The summed E-state index contributed by atoms with van der Waals surface area (Å²) in [5.41, 5.74) is 1.45. The zero-order chi connectivity index (χ0) is 24.9. The zero-order valence-electron chi connectivity index (χ0n) is 18.8. The maximum atomic E-state index is 13.4. The number of carbonyl (C=O) groups excluding carboxylic acids is 4. The van der Waals surface area contributed by atoms with Gasteiger partial charge in [-0.15, -0.1) is 0 Å². The Balaban J connectivity index is 1.50. The minimum Gasteiger partial charge on any atom is -0.421 e. The van der Waals surface area contributed by atoms with Crippen molar-refractivity contribution in [3.05, 3.63) is 67.6 Å². The molecule has 0 radical (unpaired) electrons. The van der Waals surface area contributed by atoms with Crippen LogP contribution in [0, 0.1) is 18.8 Å². The number of aryl methyl sites for hydroxylation is 1. The fraction of sp³-hybridized carbons (Fsp3) is 0.308. The van der Waals surface area contributed by atoms with Crippen molar-refractivity contribution in [3.63, 3.8) is 0 Å². The number of esters is 1. The summed E-state index contributed by atoms with van der Waals surface area (Å²) in [7, 11) is 0. The van der Waals surface area contributed by atoms with Crippen molar-refractivity contribution in [1.29, 1.82) is 0 Å². The molecule has 0 unspecified atom stereocenters. The summed E-state index contributed by atoms with van der Waals surface area (Å²) in [5.74, 6) is -1.01. The lowest BCUT2D eigenvalue weighted by molar-refractivity contribution is -0.132. The second kappa shape index (κ2) is 9.35. The van der Waals surface area contributed by atoms with Gasteiger partial charge in [0.05, 0.1) is 10.0 Å². The van der Waals surface area contributed by atoms with Crippen LogP contribution < -0.4 is 10.1 Å². The highest BCUT2D eigenvalue weighted by Crippen LogP contribution is 2.47. The molecule has 35 heavy (non-hydrogen) atoms. The molecule has 0 spiro atoms. The third kappa shape index (κ3) is 4.59. The van der Waals surface area contributed by atoms with Crippen molar-refractivity contribution in [3.8, 4) is 5.75 Å². The molecule has 180 valence electrons. The Bertz CT molecular complexity index is 1300. The maximum absolute atomic E-state index is 13.4. The van der Waals surface area contributed by atoms with Gasteiger partial charge >= 0.3 is 12.0 Å². The molecule has 2 aromatic carbocycles. The monoisotopic (exact) mass is 600 g/mol. The number of benzene rings is 2. The molecule has 9 heteroatoms. The van der Waals surface area contributed by atoms with E-state index in [1.54, 1.807) is 30.3 Å². The van der Waals surface area contributed by atoms with Crippen LogP contribution in [0.4, 0.5) is 4.79 Å². The molecule has 2 bridgehead atoms. The van der Waals surface area contributed by atoms with Crippen LogP contribution in [-0.4, -0.2) is 34.8 Å². The summed E-state index contributed by atoms with van der Waals surface area (Å²) >= 11 is 6.83. The van der Waals surface area contributed by atoms with Crippen LogP contribution in [0.25, 0.3) is 6.08 Å². The van der Waals surface area contributed by atoms with Crippen LogP contribution >= 0.6 is 31.9 Å². The van der Waals surface area contributed by atoms with E-state index < -0.39 is 23.8 Å². The SMILES string of the molecule is Cc1cccc(C(=O)Oc2c(Br)cc(Br)cc2/C=C2/C(=O)NC(=O)N([C@H]3C[C@H]4CC[C@H]3C4)C2=O)c1. The highest BCUT2D eigenvalue weighted by atomic mass is 79.9. The minimum absolute atomic E-state index is 0.163. The molecule has 1 heterocycles. The topological polar surface area (TPSA) is 92.8 Å². The summed E-state index contributed by atoms with van der Waals surface area (Å²) < 4.78 is 6.81. The lowest BCUT2D eigenvalue weighted by Gasteiger charge is -2.35. The average Bonchev–Trinajstić information content (AvgIpc) is 3.42. The van der Waals surface area contributed by atoms with Gasteiger partial charge in [-0.3, -0.25) is 19.8 Å². The number of nitrogens with zero attached hydrogens (tertiary/aromatic N) is 1. The normalized spacial score (nSPS) is 24.8. The first-order valence-electron chi connectivity index (χ1n) is 11.4. The van der Waals surface area contributed by atoms with Crippen LogP contribution in [0.5, 0.6) is 5.75 Å². The Morgan fingerprint density at radius 2 is 1.91 bits per heavy atom. The number of urea groups is 1. The number of fused-ring (bicyclic) bond motifs is 2. The molecule has 4 amide bonds. The molecule has 2 aliphatic carbocycles. The number of imide groups is 2. The standard InChI is InChI=1S/C26H22Br2N2O5/c1-13-3-2-4-16(7-13)25(33)35-22-17(10-18(27)12-20(22)28)11-19-23(31)29-26(34)30(24(19)32)21-9-14-5-6-15(21)8-14/h2-4,7,10-12,14-15,21H,5-6,8-9H2,1H3,(H,29,31,34)/b19-11-/t14-,15-,21-/m0/s1. The second-order valence-corrected chi connectivity index (χ2v) is 11.1. The number of hydrogen-bond acceptors (Lipinski definition) is 5. The number of amides is 4. The van der Waals surface area contributed by atoms with E-state index >= 15 is 0 Å². The Labute approximate surface area is 219 Å². The average molecular weight is 602 g/mol. The quantitative estimate of drug-likeness (QED) is 0.220. The van der Waals surface area contributed by atoms with E-state index in [0.717, 1.165) is 31.2 Å². The Hall–Kier alpha value is -2.78. The highest BCUT2D eigenvalue weighted by Gasteiger charge is 2.49. The summed E-state index contributed by atoms with van der Waals surface area (Å²) in [4.78, 5) is 52.8. The van der Waals surface area contributed by atoms with Gasteiger partial charge in [-0.25, -0.2) is 9.59 Å². The Morgan fingerprint density at radius 1 is 1.11 bits per heavy atom. The molecule has 3 fully saturated rings. The number of ether oxygens (including phenoxy) is 1. The number of barbiturate groups is 1. The van der Waals surface area contributed by atoms with E-state index in [4.69, 9.17) is 4.74 Å². The third-order valence-electron chi connectivity index (χ3n) is 6.95. The van der Waals surface area contributed by atoms with Crippen molar-refractivity contribution >= 4 is 61.8 Å². The minimum atomic E-state index is -0.772. The van der Waals surface area contributed by atoms with Gasteiger partial charge in [0.1, 0.15) is 5.57 Å². The lowest BCUT2D eigenvalue weighted by atomic mass is 9.93. The van der Waals surface area contributed by atoms with Crippen LogP contribution in [0.1, 0.15) is 47.2 Å².